The van der Waals surface area contributed by atoms with Crippen LogP contribution < -0.4 is 9.64 Å². The van der Waals surface area contributed by atoms with Gasteiger partial charge in [-0.25, -0.2) is 18.6 Å². The largest absolute Gasteiger partial charge is 0.496 e. The summed E-state index contributed by atoms with van der Waals surface area (Å²) in [6, 6.07) is 5.40. The highest BCUT2D eigenvalue weighted by molar-refractivity contribution is 6.28. The number of nitrogens with zero attached hydrogens (tertiary/aromatic N) is 5. The lowest BCUT2D eigenvalue weighted by atomic mass is 10.1. The summed E-state index contributed by atoms with van der Waals surface area (Å²) in [6.45, 7) is 7.05. The molecule has 11 heteroatoms. The molecule has 2 aromatic heterocycles. The molecule has 1 aliphatic rings. The molecule has 3 aromatic rings. The van der Waals surface area contributed by atoms with Crippen molar-refractivity contribution in [3.8, 4) is 17.0 Å². The van der Waals surface area contributed by atoms with Gasteiger partial charge in [0.15, 0.2) is 11.5 Å². The molecule has 1 amide bonds. The standard InChI is InChI=1S/C23H24ClF2N5O3/c1-23(2,3)34-22(32)31-10-8-30(9-11-31)20-13-12-15(26)18(27-19(13)28-21(24)29-20)17-14(25)6-5-7-16(17)33-4/h5-7,12H,8-11H2,1-4H3. The molecule has 0 N–H and O–H groups in total. The Kier molecular flexibility index (Phi) is 6.44. The summed E-state index contributed by atoms with van der Waals surface area (Å²) in [5.41, 5.74) is -0.817. The van der Waals surface area contributed by atoms with E-state index in [1.54, 1.807) is 4.90 Å². The first-order valence-corrected chi connectivity index (χ1v) is 11.0. The molecule has 0 atom stereocenters. The second-order valence-electron chi connectivity index (χ2n) is 8.78. The molecule has 180 valence electrons. The maximum absolute atomic E-state index is 15.2. The van der Waals surface area contributed by atoms with Gasteiger partial charge in [-0.05, 0) is 50.6 Å². The molecule has 0 unspecified atom stereocenters. The quantitative estimate of drug-likeness (QED) is 0.492. The van der Waals surface area contributed by atoms with Gasteiger partial charge in [0, 0.05) is 26.2 Å². The second kappa shape index (κ2) is 9.17. The Balaban J connectivity index is 1.67. The first kappa shape index (κ1) is 23.9. The number of ether oxygens (including phenoxy) is 2. The summed E-state index contributed by atoms with van der Waals surface area (Å²) in [5, 5.41) is 0.245. The summed E-state index contributed by atoms with van der Waals surface area (Å²) in [5.74, 6) is -0.902. The van der Waals surface area contributed by atoms with Gasteiger partial charge < -0.3 is 19.3 Å². The third-order valence-electron chi connectivity index (χ3n) is 5.26. The lowest BCUT2D eigenvalue weighted by Gasteiger charge is -2.36. The van der Waals surface area contributed by atoms with Crippen molar-refractivity contribution in [3.63, 3.8) is 0 Å². The maximum Gasteiger partial charge on any atom is 0.410 e. The van der Waals surface area contributed by atoms with Crippen molar-refractivity contribution in [1.29, 1.82) is 0 Å². The number of anilines is 1. The molecule has 0 saturated carbocycles. The highest BCUT2D eigenvalue weighted by Crippen LogP contribution is 2.35. The van der Waals surface area contributed by atoms with E-state index in [2.05, 4.69) is 15.0 Å². The van der Waals surface area contributed by atoms with Crippen LogP contribution in [0.25, 0.3) is 22.3 Å². The van der Waals surface area contributed by atoms with Crippen molar-refractivity contribution < 1.29 is 23.0 Å². The molecule has 4 rings (SSSR count). The average molecular weight is 492 g/mol. The minimum atomic E-state index is -0.754. The molecule has 34 heavy (non-hydrogen) atoms. The highest BCUT2D eigenvalue weighted by atomic mass is 35.5. The molecule has 1 saturated heterocycles. The Morgan fingerprint density at radius 2 is 1.76 bits per heavy atom. The number of carbonyl (C=O) groups excluding carboxylic acids is 1. The van der Waals surface area contributed by atoms with Crippen LogP contribution in [-0.4, -0.2) is 64.8 Å². The van der Waals surface area contributed by atoms with E-state index in [1.807, 2.05) is 25.7 Å². The van der Waals surface area contributed by atoms with Crippen molar-refractivity contribution in [2.45, 2.75) is 26.4 Å². The van der Waals surface area contributed by atoms with Crippen LogP contribution in [-0.2, 0) is 4.74 Å². The van der Waals surface area contributed by atoms with Crippen LogP contribution in [0.4, 0.5) is 19.4 Å². The van der Waals surface area contributed by atoms with Gasteiger partial charge in [0.1, 0.15) is 28.7 Å². The summed E-state index contributed by atoms with van der Waals surface area (Å²) in [4.78, 5) is 28.5. The molecule has 0 radical (unpaired) electrons. The zero-order valence-corrected chi connectivity index (χ0v) is 20.0. The summed E-state index contributed by atoms with van der Waals surface area (Å²) in [6.07, 6.45) is -0.395. The topological polar surface area (TPSA) is 80.7 Å². The number of methoxy groups -OCH3 is 1. The van der Waals surface area contributed by atoms with E-state index in [9.17, 15) is 9.18 Å². The van der Waals surface area contributed by atoms with Crippen LogP contribution in [0.5, 0.6) is 5.75 Å². The number of carbonyl (C=O) groups is 1. The van der Waals surface area contributed by atoms with E-state index < -0.39 is 23.3 Å². The van der Waals surface area contributed by atoms with Gasteiger partial charge in [-0.15, -0.1) is 0 Å². The Morgan fingerprint density at radius 1 is 1.06 bits per heavy atom. The van der Waals surface area contributed by atoms with E-state index in [0.29, 0.717) is 37.4 Å². The number of pyridine rings is 1. The molecular weight excluding hydrogens is 468 g/mol. The molecule has 1 aromatic carbocycles. The molecule has 0 aliphatic carbocycles. The number of halogens is 3. The fourth-order valence-electron chi connectivity index (χ4n) is 3.74. The van der Waals surface area contributed by atoms with Gasteiger partial charge >= 0.3 is 6.09 Å². The van der Waals surface area contributed by atoms with Crippen LogP contribution in [0, 0.1) is 11.6 Å². The van der Waals surface area contributed by atoms with Crippen LogP contribution in [0.1, 0.15) is 20.8 Å². The lowest BCUT2D eigenvalue weighted by Crippen LogP contribution is -2.50. The predicted octanol–water partition coefficient (Wildman–Crippen LogP) is 4.69. The number of aromatic nitrogens is 3. The number of benzene rings is 1. The molecule has 0 bridgehead atoms. The number of amides is 1. The first-order chi connectivity index (χ1) is 16.1. The fraction of sp³-hybridized carbons (Fsp3) is 0.391. The Labute approximate surface area is 200 Å². The second-order valence-corrected chi connectivity index (χ2v) is 9.12. The average Bonchev–Trinajstić information content (AvgIpc) is 2.77. The van der Waals surface area contributed by atoms with Crippen molar-refractivity contribution in [2.24, 2.45) is 0 Å². The van der Waals surface area contributed by atoms with Crippen LogP contribution in [0.15, 0.2) is 24.3 Å². The van der Waals surface area contributed by atoms with Crippen molar-refractivity contribution >= 4 is 34.5 Å². The molecule has 1 fully saturated rings. The van der Waals surface area contributed by atoms with E-state index in [-0.39, 0.29) is 27.9 Å². The maximum atomic E-state index is 15.2. The Bertz CT molecular complexity index is 1240. The highest BCUT2D eigenvalue weighted by Gasteiger charge is 2.28. The first-order valence-electron chi connectivity index (χ1n) is 10.7. The predicted molar refractivity (Wildman–Crippen MR) is 124 cm³/mol. The number of rotatable bonds is 3. The number of fused-ring (bicyclic) bond motifs is 1. The molecule has 0 spiro atoms. The van der Waals surface area contributed by atoms with Gasteiger partial charge in [-0.1, -0.05) is 6.07 Å². The molecule has 1 aliphatic heterocycles. The third-order valence-corrected chi connectivity index (χ3v) is 5.43. The Hall–Kier alpha value is -3.27. The zero-order valence-electron chi connectivity index (χ0n) is 19.2. The number of hydrogen-bond acceptors (Lipinski definition) is 7. The molecule has 8 nitrogen and oxygen atoms in total. The molecular formula is C23H24ClF2N5O3. The molecule has 3 heterocycles. The van der Waals surface area contributed by atoms with Gasteiger partial charge in [0.2, 0.25) is 5.28 Å². The monoisotopic (exact) mass is 491 g/mol. The SMILES string of the molecule is COc1cccc(F)c1-c1nc2nc(Cl)nc(N3CCN(C(=O)OC(C)(C)C)CC3)c2cc1F. The number of hydrogen-bond donors (Lipinski definition) is 0. The van der Waals surface area contributed by atoms with Crippen LogP contribution in [0.3, 0.4) is 0 Å². The van der Waals surface area contributed by atoms with Crippen LogP contribution in [0.2, 0.25) is 5.28 Å². The minimum Gasteiger partial charge on any atom is -0.496 e. The van der Waals surface area contributed by atoms with Crippen molar-refractivity contribution in [3.05, 3.63) is 41.2 Å². The summed E-state index contributed by atoms with van der Waals surface area (Å²) >= 11 is 6.16. The van der Waals surface area contributed by atoms with Gasteiger partial charge in [-0.3, -0.25) is 0 Å². The lowest BCUT2D eigenvalue weighted by molar-refractivity contribution is 0.0240. The van der Waals surface area contributed by atoms with Gasteiger partial charge in [-0.2, -0.15) is 9.97 Å². The zero-order chi connectivity index (χ0) is 24.6. The van der Waals surface area contributed by atoms with E-state index >= 15 is 4.39 Å². The number of piperazine rings is 1. The normalized spacial score (nSPS) is 14.4. The van der Waals surface area contributed by atoms with Crippen molar-refractivity contribution in [2.75, 3.05) is 38.2 Å². The summed E-state index contributed by atoms with van der Waals surface area (Å²) < 4.78 is 40.4. The van der Waals surface area contributed by atoms with E-state index in [1.165, 1.54) is 31.4 Å². The van der Waals surface area contributed by atoms with Gasteiger partial charge in [0.05, 0.1) is 18.1 Å². The minimum absolute atomic E-state index is 0.0809. The summed E-state index contributed by atoms with van der Waals surface area (Å²) in [7, 11) is 1.37. The van der Waals surface area contributed by atoms with E-state index in [0.717, 1.165) is 0 Å². The fourth-order valence-corrected chi connectivity index (χ4v) is 3.90. The Morgan fingerprint density at radius 3 is 2.41 bits per heavy atom. The van der Waals surface area contributed by atoms with E-state index in [4.69, 9.17) is 21.1 Å². The third kappa shape index (κ3) is 4.82. The van der Waals surface area contributed by atoms with Crippen LogP contribution >= 0.6 is 11.6 Å². The smallest absolute Gasteiger partial charge is 0.410 e. The van der Waals surface area contributed by atoms with Crippen molar-refractivity contribution in [1.82, 2.24) is 19.9 Å². The van der Waals surface area contributed by atoms with Gasteiger partial charge in [0.25, 0.3) is 0 Å².